The fourth-order valence-electron chi connectivity index (χ4n) is 2.36. The Morgan fingerprint density at radius 1 is 1.40 bits per heavy atom. The van der Waals surface area contributed by atoms with E-state index in [9.17, 15) is 9.59 Å². The molecule has 0 unspecified atom stereocenters. The van der Waals surface area contributed by atoms with Crippen LogP contribution in [0.3, 0.4) is 0 Å². The molecule has 0 bridgehead atoms. The number of carboxylic acids is 1. The van der Waals surface area contributed by atoms with Crippen molar-refractivity contribution in [3.8, 4) is 5.75 Å². The molecule has 0 radical (unpaired) electrons. The van der Waals surface area contributed by atoms with Crippen molar-refractivity contribution in [1.82, 2.24) is 5.32 Å². The van der Waals surface area contributed by atoms with Gasteiger partial charge in [0.05, 0.1) is 0 Å². The number of hydrogen-bond acceptors (Lipinski definition) is 3. The van der Waals surface area contributed by atoms with Crippen molar-refractivity contribution < 1.29 is 19.4 Å². The molecule has 5 nitrogen and oxygen atoms in total. The van der Waals surface area contributed by atoms with Crippen LogP contribution in [0.2, 0.25) is 0 Å². The zero-order valence-electron chi connectivity index (χ0n) is 11.5. The maximum atomic E-state index is 12.2. The lowest BCUT2D eigenvalue weighted by atomic mass is 9.74. The fraction of sp³-hybridized carbons (Fsp3) is 0.467. The lowest BCUT2D eigenvalue weighted by Gasteiger charge is -2.42. The van der Waals surface area contributed by atoms with Gasteiger partial charge in [0, 0.05) is 11.1 Å². The van der Waals surface area contributed by atoms with E-state index in [0.717, 1.165) is 25.7 Å². The molecule has 1 aromatic rings. The number of carbonyl (C=O) groups excluding carboxylic acids is 1. The molecular formula is C15H19NO4. The van der Waals surface area contributed by atoms with Gasteiger partial charge in [-0.25, -0.2) is 4.79 Å². The van der Waals surface area contributed by atoms with Gasteiger partial charge in [-0.1, -0.05) is 13.0 Å². The molecule has 5 heteroatoms. The Kier molecular flexibility index (Phi) is 4.27. The summed E-state index contributed by atoms with van der Waals surface area (Å²) in [5.74, 6) is -0.786. The topological polar surface area (TPSA) is 75.6 Å². The Balaban J connectivity index is 2.02. The van der Waals surface area contributed by atoms with Crippen molar-refractivity contribution in [3.63, 3.8) is 0 Å². The smallest absolute Gasteiger partial charge is 0.341 e. The first-order valence-corrected chi connectivity index (χ1v) is 6.82. The number of ether oxygens (including phenoxy) is 1. The largest absolute Gasteiger partial charge is 0.482 e. The van der Waals surface area contributed by atoms with Gasteiger partial charge in [0.1, 0.15) is 5.75 Å². The van der Waals surface area contributed by atoms with Gasteiger partial charge in [0.15, 0.2) is 6.61 Å². The summed E-state index contributed by atoms with van der Waals surface area (Å²) in [5.41, 5.74) is 0.433. The molecule has 1 aliphatic rings. The van der Waals surface area contributed by atoms with Crippen molar-refractivity contribution in [2.24, 2.45) is 0 Å². The van der Waals surface area contributed by atoms with Gasteiger partial charge >= 0.3 is 5.97 Å². The summed E-state index contributed by atoms with van der Waals surface area (Å²) >= 11 is 0. The van der Waals surface area contributed by atoms with Gasteiger partial charge in [-0.15, -0.1) is 0 Å². The Hall–Kier alpha value is -2.04. The minimum atomic E-state index is -1.04. The molecule has 1 amide bonds. The highest BCUT2D eigenvalue weighted by Crippen LogP contribution is 2.34. The Bertz CT molecular complexity index is 503. The average molecular weight is 277 g/mol. The minimum Gasteiger partial charge on any atom is -0.482 e. The summed E-state index contributed by atoms with van der Waals surface area (Å²) in [5, 5.41) is 11.7. The lowest BCUT2D eigenvalue weighted by Crippen LogP contribution is -2.52. The van der Waals surface area contributed by atoms with E-state index in [4.69, 9.17) is 9.84 Å². The number of nitrogens with one attached hydrogen (secondary N) is 1. The standard InChI is InChI=1S/C15H19NO4/c1-2-15(7-4-8-15)16-14(19)11-5-3-6-12(9-11)20-10-13(17)18/h3,5-6,9H,2,4,7-8,10H2,1H3,(H,16,19)(H,17,18). The molecule has 0 saturated heterocycles. The van der Waals surface area contributed by atoms with E-state index in [2.05, 4.69) is 12.2 Å². The van der Waals surface area contributed by atoms with E-state index in [1.807, 2.05) is 0 Å². The number of benzene rings is 1. The van der Waals surface area contributed by atoms with Crippen LogP contribution in [0.4, 0.5) is 0 Å². The van der Waals surface area contributed by atoms with Crippen LogP contribution in [0.25, 0.3) is 0 Å². The van der Waals surface area contributed by atoms with Crippen LogP contribution in [-0.4, -0.2) is 29.1 Å². The quantitative estimate of drug-likeness (QED) is 0.836. The summed E-state index contributed by atoms with van der Waals surface area (Å²) in [6.07, 6.45) is 4.11. The van der Waals surface area contributed by atoms with Gasteiger partial charge in [-0.3, -0.25) is 4.79 Å². The number of carboxylic acid groups (broad SMARTS) is 1. The maximum Gasteiger partial charge on any atom is 0.341 e. The van der Waals surface area contributed by atoms with E-state index in [1.54, 1.807) is 24.3 Å². The molecule has 0 atom stereocenters. The highest BCUT2D eigenvalue weighted by Gasteiger charge is 2.36. The SMILES string of the molecule is CCC1(NC(=O)c2cccc(OCC(=O)O)c2)CCC1. The number of aliphatic carboxylic acids is 1. The molecule has 0 heterocycles. The van der Waals surface area contributed by atoms with Gasteiger partial charge in [0.2, 0.25) is 0 Å². The fourth-order valence-corrected chi connectivity index (χ4v) is 2.36. The molecule has 0 aliphatic heterocycles. The molecule has 0 aromatic heterocycles. The second-order valence-corrected chi connectivity index (χ2v) is 5.15. The highest BCUT2D eigenvalue weighted by molar-refractivity contribution is 5.95. The summed E-state index contributed by atoms with van der Waals surface area (Å²) in [7, 11) is 0. The molecule has 2 N–H and O–H groups in total. The summed E-state index contributed by atoms with van der Waals surface area (Å²) in [6, 6.07) is 6.59. The zero-order valence-corrected chi connectivity index (χ0v) is 11.5. The van der Waals surface area contributed by atoms with E-state index in [1.165, 1.54) is 0 Å². The first-order valence-electron chi connectivity index (χ1n) is 6.82. The second kappa shape index (κ2) is 5.94. The minimum absolute atomic E-state index is 0.0605. The highest BCUT2D eigenvalue weighted by atomic mass is 16.5. The molecule has 1 saturated carbocycles. The first-order chi connectivity index (χ1) is 9.54. The van der Waals surface area contributed by atoms with Crippen LogP contribution in [0.15, 0.2) is 24.3 Å². The van der Waals surface area contributed by atoms with Gasteiger partial charge < -0.3 is 15.2 Å². The Labute approximate surface area is 117 Å². The Morgan fingerprint density at radius 2 is 2.15 bits per heavy atom. The molecule has 1 aliphatic carbocycles. The van der Waals surface area contributed by atoms with Crippen LogP contribution in [0.1, 0.15) is 43.0 Å². The Morgan fingerprint density at radius 3 is 2.70 bits per heavy atom. The van der Waals surface area contributed by atoms with Crippen molar-refractivity contribution in [2.45, 2.75) is 38.1 Å². The molecule has 108 valence electrons. The third-order valence-corrected chi connectivity index (χ3v) is 3.82. The van der Waals surface area contributed by atoms with E-state index < -0.39 is 12.6 Å². The third kappa shape index (κ3) is 3.29. The van der Waals surface area contributed by atoms with Crippen LogP contribution < -0.4 is 10.1 Å². The van der Waals surface area contributed by atoms with E-state index >= 15 is 0 Å². The number of amides is 1. The normalized spacial score (nSPS) is 16.1. The van der Waals surface area contributed by atoms with Gasteiger partial charge in [0.25, 0.3) is 5.91 Å². The van der Waals surface area contributed by atoms with Crippen LogP contribution in [0, 0.1) is 0 Å². The predicted octanol–water partition coefficient (Wildman–Crippen LogP) is 2.21. The van der Waals surface area contributed by atoms with Crippen LogP contribution >= 0.6 is 0 Å². The summed E-state index contributed by atoms with van der Waals surface area (Å²) in [6.45, 7) is 1.66. The predicted molar refractivity (Wildman–Crippen MR) is 73.9 cm³/mol. The zero-order chi connectivity index (χ0) is 14.6. The second-order valence-electron chi connectivity index (χ2n) is 5.15. The van der Waals surface area contributed by atoms with E-state index in [-0.39, 0.29) is 11.4 Å². The molecule has 1 fully saturated rings. The molecular weight excluding hydrogens is 258 g/mol. The lowest BCUT2D eigenvalue weighted by molar-refractivity contribution is -0.139. The molecule has 0 spiro atoms. The number of rotatable bonds is 6. The van der Waals surface area contributed by atoms with Crippen molar-refractivity contribution in [1.29, 1.82) is 0 Å². The van der Waals surface area contributed by atoms with Crippen molar-refractivity contribution >= 4 is 11.9 Å². The van der Waals surface area contributed by atoms with Gasteiger partial charge in [-0.2, -0.15) is 0 Å². The summed E-state index contributed by atoms with van der Waals surface area (Å²) in [4.78, 5) is 22.7. The number of carbonyl (C=O) groups is 2. The molecule has 20 heavy (non-hydrogen) atoms. The number of hydrogen-bond donors (Lipinski definition) is 2. The monoisotopic (exact) mass is 277 g/mol. The summed E-state index contributed by atoms with van der Waals surface area (Å²) < 4.78 is 5.08. The molecule has 1 aromatic carbocycles. The van der Waals surface area contributed by atoms with Crippen LogP contribution in [0.5, 0.6) is 5.75 Å². The van der Waals surface area contributed by atoms with E-state index in [0.29, 0.717) is 11.3 Å². The van der Waals surface area contributed by atoms with Crippen LogP contribution in [-0.2, 0) is 4.79 Å². The average Bonchev–Trinajstić information content (AvgIpc) is 2.40. The third-order valence-electron chi connectivity index (χ3n) is 3.82. The first kappa shape index (κ1) is 14.4. The molecule has 2 rings (SSSR count). The van der Waals surface area contributed by atoms with Crippen molar-refractivity contribution in [3.05, 3.63) is 29.8 Å². The maximum absolute atomic E-state index is 12.2. The van der Waals surface area contributed by atoms with Gasteiger partial charge in [-0.05, 0) is 43.9 Å². The van der Waals surface area contributed by atoms with Crippen molar-refractivity contribution in [2.75, 3.05) is 6.61 Å².